The predicted molar refractivity (Wildman–Crippen MR) is 79.1 cm³/mol. The normalized spacial score (nSPS) is 11.6. The van der Waals surface area contributed by atoms with Crippen LogP contribution < -0.4 is 5.63 Å². The third-order valence-electron chi connectivity index (χ3n) is 3.67. The Morgan fingerprint density at radius 3 is 2.53 bits per heavy atom. The van der Waals surface area contributed by atoms with Crippen molar-refractivity contribution in [2.75, 3.05) is 0 Å². The average Bonchev–Trinajstić information content (AvgIpc) is 2.74. The molecule has 3 aromatic rings. The summed E-state index contributed by atoms with van der Waals surface area (Å²) in [6, 6.07) is 2.04. The quantitative estimate of drug-likeness (QED) is 0.494. The first kappa shape index (κ1) is 12.5. The Morgan fingerprint density at radius 1 is 1.11 bits per heavy atom. The van der Waals surface area contributed by atoms with Crippen molar-refractivity contribution in [1.82, 2.24) is 0 Å². The van der Waals surface area contributed by atoms with Crippen LogP contribution in [0.3, 0.4) is 0 Å². The number of rotatable bonds is 1. The summed E-state index contributed by atoms with van der Waals surface area (Å²) >= 11 is 3.34. The predicted octanol–water partition coefficient (Wildman–Crippen LogP) is 4.36. The maximum atomic E-state index is 12.0. The van der Waals surface area contributed by atoms with Gasteiger partial charge in [0.1, 0.15) is 11.2 Å². The molecule has 0 unspecified atom stereocenters. The van der Waals surface area contributed by atoms with E-state index in [9.17, 15) is 4.79 Å². The van der Waals surface area contributed by atoms with Gasteiger partial charge in [-0.15, -0.1) is 0 Å². The monoisotopic (exact) mass is 320 g/mol. The zero-order valence-electron chi connectivity index (χ0n) is 11.0. The van der Waals surface area contributed by atoms with Crippen LogP contribution in [-0.2, 0) is 5.33 Å². The summed E-state index contributed by atoms with van der Waals surface area (Å²) in [5.74, 6) is 0. The Kier molecular flexibility index (Phi) is 2.78. The molecule has 0 atom stereocenters. The van der Waals surface area contributed by atoms with Gasteiger partial charge >= 0.3 is 5.63 Å². The molecule has 3 nitrogen and oxygen atoms in total. The molecule has 0 fully saturated rings. The zero-order chi connectivity index (χ0) is 13.7. The van der Waals surface area contributed by atoms with Crippen LogP contribution in [0.15, 0.2) is 26.0 Å². The van der Waals surface area contributed by atoms with E-state index in [4.69, 9.17) is 8.83 Å². The number of alkyl halides is 1. The molecule has 0 aliphatic carbocycles. The second-order valence-corrected chi connectivity index (χ2v) is 5.36. The molecule has 0 saturated carbocycles. The number of benzene rings is 1. The zero-order valence-corrected chi connectivity index (χ0v) is 12.6. The minimum absolute atomic E-state index is 0.285. The van der Waals surface area contributed by atoms with Gasteiger partial charge < -0.3 is 8.83 Å². The summed E-state index contributed by atoms with van der Waals surface area (Å²) in [5, 5.41) is 2.55. The summed E-state index contributed by atoms with van der Waals surface area (Å²) < 4.78 is 11.0. The molecule has 0 spiro atoms. The molecule has 1 aromatic carbocycles. The molecular formula is C15H13BrO3. The number of hydrogen-bond acceptors (Lipinski definition) is 3. The fourth-order valence-corrected chi connectivity index (χ4v) is 3.12. The third-order valence-corrected chi connectivity index (χ3v) is 4.23. The van der Waals surface area contributed by atoms with E-state index in [0.717, 1.165) is 33.0 Å². The lowest BCUT2D eigenvalue weighted by atomic mass is 10.0. The summed E-state index contributed by atoms with van der Waals surface area (Å²) in [6.45, 7) is 5.89. The Morgan fingerprint density at radius 2 is 1.84 bits per heavy atom. The first-order valence-electron chi connectivity index (χ1n) is 6.04. The van der Waals surface area contributed by atoms with Crippen LogP contribution in [0.4, 0.5) is 0 Å². The topological polar surface area (TPSA) is 43.4 Å². The Hall–Kier alpha value is -1.55. The SMILES string of the molecule is Cc1coc2c(C)c3oc(=O)c(CBr)c(C)c3cc12. The standard InChI is InChI=1S/C15H13BrO3/c1-7-6-18-13-9(3)14-11(4-10(7)13)8(2)12(5-16)15(17)19-14/h4,6H,5H2,1-3H3. The van der Waals surface area contributed by atoms with Gasteiger partial charge in [-0.25, -0.2) is 4.79 Å². The summed E-state index contributed by atoms with van der Waals surface area (Å²) in [4.78, 5) is 12.0. The van der Waals surface area contributed by atoms with E-state index in [1.165, 1.54) is 0 Å². The van der Waals surface area contributed by atoms with Gasteiger partial charge in [0.2, 0.25) is 0 Å². The van der Waals surface area contributed by atoms with Crippen LogP contribution in [0, 0.1) is 20.8 Å². The van der Waals surface area contributed by atoms with Crippen molar-refractivity contribution in [3.63, 3.8) is 0 Å². The molecule has 0 bridgehead atoms. The molecular weight excluding hydrogens is 308 g/mol. The average molecular weight is 321 g/mol. The number of hydrogen-bond donors (Lipinski definition) is 0. The summed E-state index contributed by atoms with van der Waals surface area (Å²) in [7, 11) is 0. The van der Waals surface area contributed by atoms with Crippen molar-refractivity contribution >= 4 is 37.9 Å². The van der Waals surface area contributed by atoms with Crippen LogP contribution >= 0.6 is 15.9 Å². The van der Waals surface area contributed by atoms with Crippen molar-refractivity contribution in [3.8, 4) is 0 Å². The lowest BCUT2D eigenvalue weighted by Crippen LogP contribution is -2.08. The highest BCUT2D eigenvalue weighted by atomic mass is 79.9. The number of furan rings is 1. The minimum Gasteiger partial charge on any atom is -0.464 e. The van der Waals surface area contributed by atoms with Crippen molar-refractivity contribution in [1.29, 1.82) is 0 Å². The van der Waals surface area contributed by atoms with Gasteiger partial charge in [0, 0.05) is 21.7 Å². The molecule has 0 radical (unpaired) electrons. The van der Waals surface area contributed by atoms with E-state index in [1.54, 1.807) is 6.26 Å². The summed E-state index contributed by atoms with van der Waals surface area (Å²) in [5.41, 5.74) is 4.73. The molecule has 3 rings (SSSR count). The van der Waals surface area contributed by atoms with E-state index in [2.05, 4.69) is 15.9 Å². The van der Waals surface area contributed by atoms with Gasteiger partial charge in [-0.2, -0.15) is 0 Å². The van der Waals surface area contributed by atoms with Crippen molar-refractivity contribution < 1.29 is 8.83 Å². The fraction of sp³-hybridized carbons (Fsp3) is 0.267. The van der Waals surface area contributed by atoms with Crippen LogP contribution in [0.1, 0.15) is 22.3 Å². The number of fused-ring (bicyclic) bond motifs is 2. The minimum atomic E-state index is -0.285. The molecule has 2 heterocycles. The van der Waals surface area contributed by atoms with Crippen LogP contribution in [-0.4, -0.2) is 0 Å². The third kappa shape index (κ3) is 1.66. The molecule has 4 heteroatoms. The van der Waals surface area contributed by atoms with Gasteiger partial charge in [0.15, 0.2) is 0 Å². The van der Waals surface area contributed by atoms with Gasteiger partial charge in [0.25, 0.3) is 0 Å². The van der Waals surface area contributed by atoms with Crippen LogP contribution in [0.2, 0.25) is 0 Å². The van der Waals surface area contributed by atoms with Gasteiger partial charge in [-0.05, 0) is 38.0 Å². The highest BCUT2D eigenvalue weighted by Gasteiger charge is 2.16. The van der Waals surface area contributed by atoms with Crippen LogP contribution in [0.5, 0.6) is 0 Å². The highest BCUT2D eigenvalue weighted by Crippen LogP contribution is 2.32. The number of aryl methyl sites for hydroxylation is 3. The first-order valence-corrected chi connectivity index (χ1v) is 7.16. The first-order chi connectivity index (χ1) is 9.04. The maximum Gasteiger partial charge on any atom is 0.340 e. The van der Waals surface area contributed by atoms with Crippen LogP contribution in [0.25, 0.3) is 21.9 Å². The molecule has 0 amide bonds. The highest BCUT2D eigenvalue weighted by molar-refractivity contribution is 9.08. The van der Waals surface area contributed by atoms with E-state index in [1.807, 2.05) is 26.8 Å². The second kappa shape index (κ2) is 4.23. The van der Waals surface area contributed by atoms with Gasteiger partial charge in [0.05, 0.1) is 11.8 Å². The molecule has 0 N–H and O–H groups in total. The van der Waals surface area contributed by atoms with Crippen molar-refractivity contribution in [2.24, 2.45) is 0 Å². The Bertz CT molecular complexity index is 855. The molecule has 98 valence electrons. The molecule has 19 heavy (non-hydrogen) atoms. The van der Waals surface area contributed by atoms with Crippen molar-refractivity contribution in [2.45, 2.75) is 26.1 Å². The molecule has 0 aliphatic rings. The lowest BCUT2D eigenvalue weighted by Gasteiger charge is -2.08. The summed E-state index contributed by atoms with van der Waals surface area (Å²) in [6.07, 6.45) is 1.73. The molecule has 0 aliphatic heterocycles. The van der Waals surface area contributed by atoms with E-state index in [-0.39, 0.29) is 5.63 Å². The van der Waals surface area contributed by atoms with E-state index < -0.39 is 0 Å². The Labute approximate surface area is 118 Å². The second-order valence-electron chi connectivity index (χ2n) is 4.80. The fourth-order valence-electron chi connectivity index (χ4n) is 2.47. The van der Waals surface area contributed by atoms with Gasteiger partial charge in [-0.3, -0.25) is 0 Å². The van der Waals surface area contributed by atoms with Gasteiger partial charge in [-0.1, -0.05) is 15.9 Å². The number of halogens is 1. The maximum absolute atomic E-state index is 12.0. The molecule has 0 saturated heterocycles. The smallest absolute Gasteiger partial charge is 0.340 e. The molecule has 2 aromatic heterocycles. The lowest BCUT2D eigenvalue weighted by molar-refractivity contribution is 0.549. The largest absolute Gasteiger partial charge is 0.464 e. The van der Waals surface area contributed by atoms with Crippen molar-refractivity contribution in [3.05, 3.63) is 45.0 Å². The van der Waals surface area contributed by atoms with E-state index in [0.29, 0.717) is 16.5 Å². The van der Waals surface area contributed by atoms with E-state index >= 15 is 0 Å². The Balaban J connectivity index is 2.60.